The molecule has 1 saturated carbocycles. The summed E-state index contributed by atoms with van der Waals surface area (Å²) in [5.41, 5.74) is 5.77. The lowest BCUT2D eigenvalue weighted by Crippen LogP contribution is -2.18. The molecule has 0 amide bonds. The van der Waals surface area contributed by atoms with Gasteiger partial charge in [-0.15, -0.1) is 0 Å². The highest BCUT2D eigenvalue weighted by atomic mass is 14.3. The Hall–Kier alpha value is -1.82. The highest BCUT2D eigenvalue weighted by Gasteiger charge is 2.26. The third-order valence-corrected chi connectivity index (χ3v) is 5.95. The van der Waals surface area contributed by atoms with E-state index in [4.69, 9.17) is 0 Å². The minimum absolute atomic E-state index is 0. The molecule has 0 bridgehead atoms. The molecule has 3 aliphatic rings. The SMILES string of the molecule is C[C]1C=CC(c2ccccc2)=CC1C1=CCC=C(C2CCCCC2)[CH]1.[HH]. The van der Waals surface area contributed by atoms with E-state index in [1.165, 1.54) is 54.7 Å². The monoisotopic (exact) mass is 330 g/mol. The lowest BCUT2D eigenvalue weighted by atomic mass is 9.73. The number of allylic oxidation sites excluding steroid dienone is 8. The van der Waals surface area contributed by atoms with Gasteiger partial charge in [0, 0.05) is 19.7 Å². The number of rotatable bonds is 3. The van der Waals surface area contributed by atoms with Crippen molar-refractivity contribution in [2.45, 2.75) is 45.4 Å². The Labute approximate surface area is 154 Å². The molecule has 1 unspecified atom stereocenters. The Morgan fingerprint density at radius 1 is 0.880 bits per heavy atom. The summed E-state index contributed by atoms with van der Waals surface area (Å²) in [5, 5.41) is 0. The van der Waals surface area contributed by atoms with Crippen molar-refractivity contribution in [3.63, 3.8) is 0 Å². The molecule has 4 rings (SSSR count). The van der Waals surface area contributed by atoms with E-state index in [9.17, 15) is 0 Å². The van der Waals surface area contributed by atoms with Crippen molar-refractivity contribution in [2.24, 2.45) is 11.8 Å². The summed E-state index contributed by atoms with van der Waals surface area (Å²) in [6.45, 7) is 2.27. The van der Waals surface area contributed by atoms with Gasteiger partial charge in [0.2, 0.25) is 0 Å². The first-order valence-electron chi connectivity index (χ1n) is 9.85. The van der Waals surface area contributed by atoms with Crippen LogP contribution in [0.15, 0.2) is 71.9 Å². The molecule has 0 heterocycles. The van der Waals surface area contributed by atoms with Crippen molar-refractivity contribution >= 4 is 5.57 Å². The summed E-state index contributed by atoms with van der Waals surface area (Å²) in [5.74, 6) is 2.68. The first-order valence-corrected chi connectivity index (χ1v) is 9.85. The highest BCUT2D eigenvalue weighted by molar-refractivity contribution is 5.77. The van der Waals surface area contributed by atoms with Gasteiger partial charge < -0.3 is 0 Å². The fourth-order valence-corrected chi connectivity index (χ4v) is 4.45. The van der Waals surface area contributed by atoms with Crippen LogP contribution in [-0.2, 0) is 0 Å². The topological polar surface area (TPSA) is 0 Å². The minimum atomic E-state index is 0. The Bertz CT molecular complexity index is 714. The van der Waals surface area contributed by atoms with Crippen LogP contribution in [-0.4, -0.2) is 0 Å². The van der Waals surface area contributed by atoms with Crippen molar-refractivity contribution in [3.8, 4) is 0 Å². The average molecular weight is 331 g/mol. The van der Waals surface area contributed by atoms with Gasteiger partial charge in [-0.1, -0.05) is 98.0 Å². The molecule has 1 aromatic rings. The van der Waals surface area contributed by atoms with Gasteiger partial charge in [-0.25, -0.2) is 0 Å². The molecule has 0 aromatic heterocycles. The van der Waals surface area contributed by atoms with Crippen molar-refractivity contribution < 1.29 is 1.43 Å². The van der Waals surface area contributed by atoms with Gasteiger partial charge >= 0.3 is 0 Å². The molecular weight excluding hydrogens is 300 g/mol. The fraction of sp³-hybridized carbons (Fsp3) is 0.360. The summed E-state index contributed by atoms with van der Waals surface area (Å²) in [6.07, 6.45) is 22.5. The van der Waals surface area contributed by atoms with Gasteiger partial charge in [-0.3, -0.25) is 0 Å². The van der Waals surface area contributed by atoms with Crippen molar-refractivity contribution in [1.29, 1.82) is 0 Å². The van der Waals surface area contributed by atoms with Crippen molar-refractivity contribution in [1.82, 2.24) is 0 Å². The quantitative estimate of drug-likeness (QED) is 0.552. The van der Waals surface area contributed by atoms with Gasteiger partial charge in [0.25, 0.3) is 0 Å². The molecule has 1 atom stereocenters. The van der Waals surface area contributed by atoms with Crippen LogP contribution >= 0.6 is 0 Å². The molecule has 130 valence electrons. The molecule has 0 spiro atoms. The Balaban J connectivity index is 0.00000196. The average Bonchev–Trinajstić information content (AvgIpc) is 2.70. The number of benzene rings is 1. The van der Waals surface area contributed by atoms with E-state index in [1.807, 2.05) is 0 Å². The van der Waals surface area contributed by atoms with E-state index in [0.717, 1.165) is 12.3 Å². The maximum Gasteiger partial charge on any atom is 0.0119 e. The Morgan fingerprint density at radius 2 is 1.64 bits per heavy atom. The lowest BCUT2D eigenvalue weighted by Gasteiger charge is -2.31. The smallest absolute Gasteiger partial charge is 0.0119 e. The van der Waals surface area contributed by atoms with Crippen LogP contribution in [0.2, 0.25) is 0 Å². The maximum absolute atomic E-state index is 2.51. The largest absolute Gasteiger partial charge is 0.0806 e. The van der Waals surface area contributed by atoms with Gasteiger partial charge in [0.1, 0.15) is 0 Å². The Morgan fingerprint density at radius 3 is 2.44 bits per heavy atom. The molecule has 0 aliphatic heterocycles. The second kappa shape index (κ2) is 7.60. The third-order valence-electron chi connectivity index (χ3n) is 5.95. The van der Waals surface area contributed by atoms with Gasteiger partial charge in [-0.05, 0) is 36.3 Å². The summed E-state index contributed by atoms with van der Waals surface area (Å²) >= 11 is 0. The molecule has 3 aliphatic carbocycles. The van der Waals surface area contributed by atoms with Crippen LogP contribution in [0.4, 0.5) is 0 Å². The molecule has 1 aromatic carbocycles. The van der Waals surface area contributed by atoms with Crippen LogP contribution < -0.4 is 0 Å². The predicted molar refractivity (Wildman–Crippen MR) is 110 cm³/mol. The number of hydrogen-bond donors (Lipinski definition) is 0. The van der Waals surface area contributed by atoms with E-state index in [-0.39, 0.29) is 1.43 Å². The van der Waals surface area contributed by atoms with E-state index >= 15 is 0 Å². The van der Waals surface area contributed by atoms with Gasteiger partial charge in [0.15, 0.2) is 0 Å². The van der Waals surface area contributed by atoms with Crippen LogP contribution in [0.1, 0.15) is 52.4 Å². The zero-order valence-corrected chi connectivity index (χ0v) is 15.2. The molecule has 0 saturated heterocycles. The highest BCUT2D eigenvalue weighted by Crippen LogP contribution is 2.41. The summed E-state index contributed by atoms with van der Waals surface area (Å²) < 4.78 is 0. The molecule has 25 heavy (non-hydrogen) atoms. The molecular formula is C25H30. The molecule has 0 nitrogen and oxygen atoms in total. The van der Waals surface area contributed by atoms with E-state index in [1.54, 1.807) is 5.57 Å². The van der Waals surface area contributed by atoms with Gasteiger partial charge in [-0.2, -0.15) is 0 Å². The van der Waals surface area contributed by atoms with Crippen LogP contribution in [0.3, 0.4) is 0 Å². The zero-order chi connectivity index (χ0) is 17.1. The second-order valence-corrected chi connectivity index (χ2v) is 7.67. The third kappa shape index (κ3) is 3.73. The van der Waals surface area contributed by atoms with E-state index in [2.05, 4.69) is 74.1 Å². The predicted octanol–water partition coefficient (Wildman–Crippen LogP) is 7.14. The number of hydrogen-bond acceptors (Lipinski definition) is 0. The van der Waals surface area contributed by atoms with Crippen molar-refractivity contribution in [3.05, 3.63) is 89.8 Å². The summed E-state index contributed by atoms with van der Waals surface area (Å²) in [7, 11) is 0. The Kier molecular flexibility index (Phi) is 5.06. The fourth-order valence-electron chi connectivity index (χ4n) is 4.45. The van der Waals surface area contributed by atoms with Crippen LogP contribution in [0.25, 0.3) is 5.57 Å². The first-order chi connectivity index (χ1) is 12.3. The summed E-state index contributed by atoms with van der Waals surface area (Å²) in [4.78, 5) is 0. The summed E-state index contributed by atoms with van der Waals surface area (Å²) in [6, 6.07) is 10.8. The van der Waals surface area contributed by atoms with E-state index < -0.39 is 0 Å². The first kappa shape index (κ1) is 16.6. The van der Waals surface area contributed by atoms with Gasteiger partial charge in [0.05, 0.1) is 0 Å². The maximum atomic E-state index is 2.51. The normalized spacial score (nSPS) is 25.3. The molecule has 0 heteroatoms. The van der Waals surface area contributed by atoms with Crippen molar-refractivity contribution in [2.75, 3.05) is 0 Å². The second-order valence-electron chi connectivity index (χ2n) is 7.67. The molecule has 0 N–H and O–H groups in total. The van der Waals surface area contributed by atoms with Crippen LogP contribution in [0, 0.1) is 24.2 Å². The zero-order valence-electron chi connectivity index (χ0n) is 15.2. The van der Waals surface area contributed by atoms with E-state index in [0.29, 0.717) is 5.92 Å². The minimum Gasteiger partial charge on any atom is -0.0806 e. The standard InChI is InChI=1S/C25H28.H2/c1-19-15-16-23(21-11-6-3-7-12-21)18-25(19)24-14-8-13-22(17-24)20-9-4-2-5-10-20;/h3,6-7,11-18,20,25H,2,4-5,8-10H2,1H3;1H. The lowest BCUT2D eigenvalue weighted by molar-refractivity contribution is 0.404. The molecule has 1 fully saturated rings. The molecule has 2 radical (unpaired) electrons. The van der Waals surface area contributed by atoms with Crippen LogP contribution in [0.5, 0.6) is 0 Å².